The molecule has 7 nitrogen and oxygen atoms in total. The van der Waals surface area contributed by atoms with Crippen molar-refractivity contribution in [2.75, 3.05) is 5.32 Å². The molecule has 2 heterocycles. The van der Waals surface area contributed by atoms with Gasteiger partial charge in [-0.25, -0.2) is 4.98 Å². The average Bonchev–Trinajstić information content (AvgIpc) is 3.14. The fourth-order valence-electron chi connectivity index (χ4n) is 4.47. The zero-order valence-electron chi connectivity index (χ0n) is 17.9. The van der Waals surface area contributed by atoms with Gasteiger partial charge in [-0.05, 0) is 68.5 Å². The van der Waals surface area contributed by atoms with E-state index in [1.54, 1.807) is 18.2 Å². The van der Waals surface area contributed by atoms with Gasteiger partial charge in [-0.15, -0.1) is 0 Å². The molecule has 0 unspecified atom stereocenters. The van der Waals surface area contributed by atoms with Gasteiger partial charge in [-0.1, -0.05) is 18.2 Å². The number of carbonyl (C=O) groups is 1. The number of aromatic nitrogens is 3. The number of phenolic OH excluding ortho intramolecular Hbond substituents is 1. The van der Waals surface area contributed by atoms with Gasteiger partial charge in [0.2, 0.25) is 11.9 Å². The minimum Gasteiger partial charge on any atom is -0.508 e. The van der Waals surface area contributed by atoms with E-state index in [-0.39, 0.29) is 5.75 Å². The quantitative estimate of drug-likeness (QED) is 0.446. The number of nitrogens with zero attached hydrogens (tertiary/aromatic N) is 3. The zero-order valence-corrected chi connectivity index (χ0v) is 17.9. The second-order valence-electron chi connectivity index (χ2n) is 8.25. The predicted molar refractivity (Wildman–Crippen MR) is 124 cm³/mol. The maximum atomic E-state index is 11.9. The molecule has 4 aromatic rings. The maximum Gasteiger partial charge on any atom is 0.249 e. The number of anilines is 1. The van der Waals surface area contributed by atoms with Crippen LogP contribution >= 0.6 is 0 Å². The summed E-state index contributed by atoms with van der Waals surface area (Å²) in [4.78, 5) is 21.8. The molecule has 5 rings (SSSR count). The molecule has 0 radical (unpaired) electrons. The highest BCUT2D eigenvalue weighted by molar-refractivity contribution is 6.06. The van der Waals surface area contributed by atoms with E-state index in [4.69, 9.17) is 15.7 Å². The number of rotatable bonds is 5. The van der Waals surface area contributed by atoms with E-state index in [0.717, 1.165) is 59.4 Å². The van der Waals surface area contributed by atoms with Crippen LogP contribution in [0.3, 0.4) is 0 Å². The van der Waals surface area contributed by atoms with Crippen LogP contribution in [0.25, 0.3) is 16.9 Å². The number of carbonyl (C=O) groups excluding carboxylic acids is 1. The Morgan fingerprint density at radius 3 is 2.69 bits per heavy atom. The number of fused-ring (bicyclic) bond motifs is 2. The lowest BCUT2D eigenvalue weighted by atomic mass is 9.96. The fraction of sp³-hybridized carbons (Fsp3) is 0.240. The second kappa shape index (κ2) is 8.00. The molecule has 1 aliphatic carbocycles. The van der Waals surface area contributed by atoms with Crippen LogP contribution in [0.2, 0.25) is 0 Å². The van der Waals surface area contributed by atoms with Crippen molar-refractivity contribution in [2.24, 2.45) is 5.73 Å². The minimum absolute atomic E-state index is 0.251. The van der Waals surface area contributed by atoms with Crippen molar-refractivity contribution in [1.82, 2.24) is 14.5 Å². The number of benzene rings is 2. The van der Waals surface area contributed by atoms with Crippen LogP contribution < -0.4 is 11.1 Å². The normalized spacial score (nSPS) is 13.2. The number of nitrogens with one attached hydrogen (secondary N) is 1. The third-order valence-corrected chi connectivity index (χ3v) is 6.06. The summed E-state index contributed by atoms with van der Waals surface area (Å²) >= 11 is 0. The first kappa shape index (κ1) is 20.1. The number of hydrogen-bond donors (Lipinski definition) is 3. The van der Waals surface area contributed by atoms with E-state index in [1.165, 1.54) is 5.56 Å². The Kier molecular flexibility index (Phi) is 5.01. The van der Waals surface area contributed by atoms with Crippen LogP contribution in [-0.2, 0) is 19.4 Å². The van der Waals surface area contributed by atoms with Gasteiger partial charge in [0.05, 0.1) is 11.2 Å². The largest absolute Gasteiger partial charge is 0.508 e. The van der Waals surface area contributed by atoms with Crippen LogP contribution in [0.5, 0.6) is 5.75 Å². The summed E-state index contributed by atoms with van der Waals surface area (Å²) in [6.07, 6.45) is 4.10. The smallest absolute Gasteiger partial charge is 0.249 e. The zero-order chi connectivity index (χ0) is 22.2. The van der Waals surface area contributed by atoms with Gasteiger partial charge in [0.25, 0.3) is 0 Å². The number of hydrogen-bond acceptors (Lipinski definition) is 5. The highest BCUT2D eigenvalue weighted by Gasteiger charge is 2.21. The summed E-state index contributed by atoms with van der Waals surface area (Å²) in [7, 11) is 0. The summed E-state index contributed by atoms with van der Waals surface area (Å²) in [6, 6.07) is 14.7. The molecular weight excluding hydrogens is 402 g/mol. The number of aromatic hydroxyl groups is 1. The van der Waals surface area contributed by atoms with Crippen molar-refractivity contribution in [1.29, 1.82) is 0 Å². The SMILES string of the molecule is Cc1cc2c(C(N)=O)cccc2n1-c1nc2c(c(NCc3ccc(O)cc3)n1)CCCC2. The minimum atomic E-state index is -0.449. The summed E-state index contributed by atoms with van der Waals surface area (Å²) in [6.45, 7) is 2.58. The summed E-state index contributed by atoms with van der Waals surface area (Å²) < 4.78 is 1.99. The Labute approximate surface area is 185 Å². The van der Waals surface area contributed by atoms with Gasteiger partial charge < -0.3 is 16.2 Å². The van der Waals surface area contributed by atoms with Crippen LogP contribution in [0.15, 0.2) is 48.5 Å². The van der Waals surface area contributed by atoms with E-state index >= 15 is 0 Å². The van der Waals surface area contributed by atoms with Crippen molar-refractivity contribution in [3.63, 3.8) is 0 Å². The molecule has 162 valence electrons. The van der Waals surface area contributed by atoms with Crippen LogP contribution in [0.4, 0.5) is 5.82 Å². The van der Waals surface area contributed by atoms with Crippen molar-refractivity contribution in [2.45, 2.75) is 39.2 Å². The number of phenols is 1. The monoisotopic (exact) mass is 427 g/mol. The fourth-order valence-corrected chi connectivity index (χ4v) is 4.47. The van der Waals surface area contributed by atoms with Gasteiger partial charge in [-0.3, -0.25) is 9.36 Å². The predicted octanol–water partition coefficient (Wildman–Crippen LogP) is 4.02. The molecule has 1 amide bonds. The van der Waals surface area contributed by atoms with Gasteiger partial charge in [0.1, 0.15) is 11.6 Å². The first-order chi connectivity index (χ1) is 15.5. The molecule has 0 aliphatic heterocycles. The Morgan fingerprint density at radius 2 is 1.91 bits per heavy atom. The molecule has 4 N–H and O–H groups in total. The van der Waals surface area contributed by atoms with Crippen molar-refractivity contribution >= 4 is 22.6 Å². The van der Waals surface area contributed by atoms with E-state index in [9.17, 15) is 9.90 Å². The lowest BCUT2D eigenvalue weighted by Gasteiger charge is -2.21. The van der Waals surface area contributed by atoms with E-state index < -0.39 is 5.91 Å². The first-order valence-corrected chi connectivity index (χ1v) is 10.8. The highest BCUT2D eigenvalue weighted by atomic mass is 16.3. The van der Waals surface area contributed by atoms with Gasteiger partial charge in [0.15, 0.2) is 0 Å². The van der Waals surface area contributed by atoms with Crippen molar-refractivity contribution in [3.05, 3.63) is 76.6 Å². The number of aryl methyl sites for hydroxylation is 2. The Bertz CT molecular complexity index is 1320. The summed E-state index contributed by atoms with van der Waals surface area (Å²) in [5.41, 5.74) is 11.2. The third kappa shape index (κ3) is 3.56. The standard InChI is InChI=1S/C25H25N5O2/c1-15-13-20-18(23(26)32)6-4-8-22(20)30(15)25-28-21-7-3-2-5-19(21)24(29-25)27-14-16-9-11-17(31)12-10-16/h4,6,8-13,31H,2-3,5,7,14H2,1H3,(H2,26,32)(H,27,28,29). The van der Waals surface area contributed by atoms with Crippen LogP contribution in [0, 0.1) is 6.92 Å². The van der Waals surface area contributed by atoms with E-state index in [2.05, 4.69) is 5.32 Å². The van der Waals surface area contributed by atoms with E-state index in [0.29, 0.717) is 18.1 Å². The molecule has 0 spiro atoms. The summed E-state index contributed by atoms with van der Waals surface area (Å²) in [5, 5.41) is 13.8. The highest BCUT2D eigenvalue weighted by Crippen LogP contribution is 2.30. The van der Waals surface area contributed by atoms with Crippen molar-refractivity contribution in [3.8, 4) is 11.7 Å². The van der Waals surface area contributed by atoms with Gasteiger partial charge in [0, 0.05) is 28.8 Å². The molecule has 2 aromatic heterocycles. The molecule has 32 heavy (non-hydrogen) atoms. The third-order valence-electron chi connectivity index (χ3n) is 6.06. The lowest BCUT2D eigenvalue weighted by Crippen LogP contribution is -2.16. The van der Waals surface area contributed by atoms with Crippen molar-refractivity contribution < 1.29 is 9.90 Å². The van der Waals surface area contributed by atoms with Crippen LogP contribution in [-0.4, -0.2) is 25.5 Å². The molecule has 0 bridgehead atoms. The number of nitrogens with two attached hydrogens (primary N) is 1. The van der Waals surface area contributed by atoms with E-state index in [1.807, 2.05) is 41.8 Å². The first-order valence-electron chi connectivity index (χ1n) is 10.8. The van der Waals surface area contributed by atoms with Crippen LogP contribution in [0.1, 0.15) is 45.7 Å². The Hall–Kier alpha value is -3.87. The number of primary amides is 1. The molecule has 0 fully saturated rings. The Morgan fingerprint density at radius 1 is 1.12 bits per heavy atom. The molecule has 7 heteroatoms. The number of amides is 1. The lowest BCUT2D eigenvalue weighted by molar-refractivity contribution is 0.100. The molecular formula is C25H25N5O2. The maximum absolute atomic E-state index is 11.9. The molecule has 2 aromatic carbocycles. The molecule has 1 aliphatic rings. The topological polar surface area (TPSA) is 106 Å². The van der Waals surface area contributed by atoms with Gasteiger partial charge >= 0.3 is 0 Å². The Balaban J connectivity index is 1.60. The molecule has 0 saturated carbocycles. The molecule has 0 saturated heterocycles. The second-order valence-corrected chi connectivity index (χ2v) is 8.25. The average molecular weight is 428 g/mol. The van der Waals surface area contributed by atoms with Gasteiger partial charge in [-0.2, -0.15) is 4.98 Å². The summed E-state index contributed by atoms with van der Waals surface area (Å²) in [5.74, 6) is 1.23. The molecule has 0 atom stereocenters.